The Morgan fingerprint density at radius 1 is 1.26 bits per heavy atom. The highest BCUT2D eigenvalue weighted by atomic mass is 35.5. The molecule has 3 heterocycles. The standard InChI is InChI=1S/C17H21ClN2O2.ClH/c18-13-1-4-16-11(8-13)7-12(10-22-16)17(21)20-14-2-3-15(20)9-19-6-5-14;/h1,4,8,12,14-15,19H,2-3,5-7,9-10H2;1H. The lowest BCUT2D eigenvalue weighted by atomic mass is 9.95. The van der Waals surface area contributed by atoms with Crippen molar-refractivity contribution in [2.75, 3.05) is 19.7 Å². The largest absolute Gasteiger partial charge is 0.492 e. The molecule has 23 heavy (non-hydrogen) atoms. The second-order valence-electron chi connectivity index (χ2n) is 6.59. The molecule has 3 aliphatic heterocycles. The summed E-state index contributed by atoms with van der Waals surface area (Å²) in [5, 5.41) is 4.15. The van der Waals surface area contributed by atoms with Crippen molar-refractivity contribution in [3.63, 3.8) is 0 Å². The van der Waals surface area contributed by atoms with Crippen molar-refractivity contribution in [2.45, 2.75) is 37.8 Å². The summed E-state index contributed by atoms with van der Waals surface area (Å²) < 4.78 is 5.80. The van der Waals surface area contributed by atoms with Crippen molar-refractivity contribution >= 4 is 29.9 Å². The summed E-state index contributed by atoms with van der Waals surface area (Å²) in [5.41, 5.74) is 1.05. The number of carbonyl (C=O) groups excluding carboxylic acids is 1. The number of halogens is 2. The van der Waals surface area contributed by atoms with Gasteiger partial charge in [-0.1, -0.05) is 11.6 Å². The molecule has 3 atom stereocenters. The summed E-state index contributed by atoms with van der Waals surface area (Å²) >= 11 is 6.07. The zero-order valence-electron chi connectivity index (χ0n) is 13.0. The maximum absolute atomic E-state index is 13.0. The molecule has 2 bridgehead atoms. The lowest BCUT2D eigenvalue weighted by Gasteiger charge is -2.33. The molecule has 2 fully saturated rings. The molecule has 0 saturated carbocycles. The van der Waals surface area contributed by atoms with E-state index in [1.165, 1.54) is 0 Å². The number of amides is 1. The highest BCUT2D eigenvalue weighted by Gasteiger charge is 2.41. The lowest BCUT2D eigenvalue weighted by molar-refractivity contribution is -0.139. The van der Waals surface area contributed by atoms with E-state index < -0.39 is 0 Å². The van der Waals surface area contributed by atoms with Gasteiger partial charge in [-0.3, -0.25) is 4.79 Å². The summed E-state index contributed by atoms with van der Waals surface area (Å²) in [7, 11) is 0. The number of hydrogen-bond acceptors (Lipinski definition) is 3. The van der Waals surface area contributed by atoms with Crippen molar-refractivity contribution in [1.82, 2.24) is 10.2 Å². The van der Waals surface area contributed by atoms with E-state index in [2.05, 4.69) is 10.2 Å². The number of benzene rings is 1. The van der Waals surface area contributed by atoms with E-state index in [0.29, 0.717) is 23.7 Å². The highest BCUT2D eigenvalue weighted by Crippen LogP contribution is 2.34. The van der Waals surface area contributed by atoms with Crippen molar-refractivity contribution in [1.29, 1.82) is 0 Å². The van der Waals surface area contributed by atoms with Crippen LogP contribution in [0, 0.1) is 5.92 Å². The Kier molecular flexibility index (Phi) is 5.04. The van der Waals surface area contributed by atoms with Crippen LogP contribution in [0.2, 0.25) is 5.02 Å². The number of rotatable bonds is 1. The van der Waals surface area contributed by atoms with Crippen LogP contribution in [0.4, 0.5) is 0 Å². The Morgan fingerprint density at radius 2 is 2.09 bits per heavy atom. The van der Waals surface area contributed by atoms with E-state index >= 15 is 0 Å². The molecule has 1 amide bonds. The molecule has 4 nitrogen and oxygen atoms in total. The predicted molar refractivity (Wildman–Crippen MR) is 92.5 cm³/mol. The first-order chi connectivity index (χ1) is 10.7. The van der Waals surface area contributed by atoms with Gasteiger partial charge in [0.2, 0.25) is 5.91 Å². The van der Waals surface area contributed by atoms with Gasteiger partial charge < -0.3 is 15.0 Å². The first kappa shape index (κ1) is 16.9. The number of ether oxygens (including phenoxy) is 1. The van der Waals surface area contributed by atoms with E-state index in [4.69, 9.17) is 16.3 Å². The Morgan fingerprint density at radius 3 is 2.96 bits per heavy atom. The predicted octanol–water partition coefficient (Wildman–Crippen LogP) is 2.67. The van der Waals surface area contributed by atoms with Gasteiger partial charge in [0.1, 0.15) is 12.4 Å². The summed E-state index contributed by atoms with van der Waals surface area (Å²) in [4.78, 5) is 15.2. The molecule has 1 aromatic rings. The van der Waals surface area contributed by atoms with Crippen molar-refractivity contribution < 1.29 is 9.53 Å². The van der Waals surface area contributed by atoms with Crippen LogP contribution in [0.1, 0.15) is 24.8 Å². The summed E-state index contributed by atoms with van der Waals surface area (Å²) in [5.74, 6) is 1.06. The van der Waals surface area contributed by atoms with Crippen LogP contribution in [0.15, 0.2) is 18.2 Å². The number of nitrogens with zero attached hydrogens (tertiary/aromatic N) is 1. The SMILES string of the molecule is Cl.O=C(C1COc2ccc(Cl)cc2C1)N1C2CCNCC1CC2. The minimum absolute atomic E-state index is 0. The molecule has 126 valence electrons. The van der Waals surface area contributed by atoms with Crippen LogP contribution < -0.4 is 10.1 Å². The number of fused-ring (bicyclic) bond motifs is 3. The molecule has 4 rings (SSSR count). The Balaban J connectivity index is 0.00000156. The first-order valence-corrected chi connectivity index (χ1v) is 8.54. The smallest absolute Gasteiger partial charge is 0.230 e. The van der Waals surface area contributed by atoms with Crippen LogP contribution >= 0.6 is 24.0 Å². The van der Waals surface area contributed by atoms with E-state index in [0.717, 1.165) is 50.1 Å². The molecular formula is C17H22Cl2N2O2. The molecule has 6 heteroatoms. The van der Waals surface area contributed by atoms with Crippen molar-refractivity contribution in [2.24, 2.45) is 5.92 Å². The molecule has 1 N–H and O–H groups in total. The number of carbonyl (C=O) groups is 1. The molecule has 0 radical (unpaired) electrons. The summed E-state index contributed by atoms with van der Waals surface area (Å²) in [6.45, 7) is 2.43. The van der Waals surface area contributed by atoms with Gasteiger partial charge in [0.15, 0.2) is 0 Å². The van der Waals surface area contributed by atoms with Crippen molar-refractivity contribution in [3.8, 4) is 5.75 Å². The lowest BCUT2D eigenvalue weighted by Crippen LogP contribution is -2.47. The second kappa shape index (κ2) is 6.88. The first-order valence-electron chi connectivity index (χ1n) is 8.16. The van der Waals surface area contributed by atoms with E-state index in [9.17, 15) is 4.79 Å². The zero-order valence-corrected chi connectivity index (χ0v) is 14.5. The quantitative estimate of drug-likeness (QED) is 0.840. The summed E-state index contributed by atoms with van der Waals surface area (Å²) in [6, 6.07) is 6.43. The number of nitrogens with one attached hydrogen (secondary N) is 1. The monoisotopic (exact) mass is 356 g/mol. The molecule has 0 aromatic heterocycles. The van der Waals surface area contributed by atoms with E-state index in [1.807, 2.05) is 18.2 Å². The van der Waals surface area contributed by atoms with Gasteiger partial charge in [-0.05, 0) is 56.0 Å². The third kappa shape index (κ3) is 3.17. The second-order valence-corrected chi connectivity index (χ2v) is 7.02. The maximum Gasteiger partial charge on any atom is 0.230 e. The minimum Gasteiger partial charge on any atom is -0.492 e. The Labute approximate surface area is 147 Å². The molecular weight excluding hydrogens is 335 g/mol. The van der Waals surface area contributed by atoms with E-state index in [1.54, 1.807) is 0 Å². The van der Waals surface area contributed by atoms with Gasteiger partial charge in [-0.15, -0.1) is 12.4 Å². The van der Waals surface area contributed by atoms with Crippen LogP contribution in [0.3, 0.4) is 0 Å². The van der Waals surface area contributed by atoms with Gasteiger partial charge in [0.05, 0.1) is 5.92 Å². The third-order valence-corrected chi connectivity index (χ3v) is 5.42. The average molecular weight is 357 g/mol. The molecule has 1 aromatic carbocycles. The molecule has 0 aliphatic carbocycles. The number of hydrogen-bond donors (Lipinski definition) is 1. The van der Waals surface area contributed by atoms with Crippen LogP contribution in [0.25, 0.3) is 0 Å². The van der Waals surface area contributed by atoms with Crippen molar-refractivity contribution in [3.05, 3.63) is 28.8 Å². The maximum atomic E-state index is 13.0. The summed E-state index contributed by atoms with van der Waals surface area (Å²) in [6.07, 6.45) is 4.07. The van der Waals surface area contributed by atoms with Gasteiger partial charge in [0, 0.05) is 23.7 Å². The Hall–Kier alpha value is -0.970. The average Bonchev–Trinajstić information content (AvgIpc) is 2.78. The fourth-order valence-corrected chi connectivity index (χ4v) is 4.27. The topological polar surface area (TPSA) is 41.6 Å². The van der Waals surface area contributed by atoms with Crippen LogP contribution in [0.5, 0.6) is 5.75 Å². The molecule has 0 spiro atoms. The van der Waals surface area contributed by atoms with E-state index in [-0.39, 0.29) is 24.2 Å². The van der Waals surface area contributed by atoms with Crippen LogP contribution in [-0.2, 0) is 11.2 Å². The van der Waals surface area contributed by atoms with Gasteiger partial charge in [-0.25, -0.2) is 0 Å². The molecule has 2 saturated heterocycles. The van der Waals surface area contributed by atoms with Gasteiger partial charge in [0.25, 0.3) is 0 Å². The molecule has 3 unspecified atom stereocenters. The third-order valence-electron chi connectivity index (χ3n) is 5.19. The van der Waals surface area contributed by atoms with Crippen LogP contribution in [-0.4, -0.2) is 42.6 Å². The zero-order chi connectivity index (χ0) is 15.1. The van der Waals surface area contributed by atoms with Gasteiger partial charge in [-0.2, -0.15) is 0 Å². The Bertz CT molecular complexity index is 582. The normalized spacial score (nSPS) is 29.1. The van der Waals surface area contributed by atoms with Gasteiger partial charge >= 0.3 is 0 Å². The molecule has 3 aliphatic rings. The highest BCUT2D eigenvalue weighted by molar-refractivity contribution is 6.30. The fourth-order valence-electron chi connectivity index (χ4n) is 4.07. The fraction of sp³-hybridized carbons (Fsp3) is 0.588. The minimum atomic E-state index is -0.0767.